The molecular formula is C23H25N5O3. The van der Waals surface area contributed by atoms with E-state index >= 15 is 0 Å². The number of aromatic amines is 1. The highest BCUT2D eigenvalue weighted by atomic mass is 16.5. The lowest BCUT2D eigenvalue weighted by atomic mass is 10.1. The average Bonchev–Trinajstić information content (AvgIpc) is 3.07. The van der Waals surface area contributed by atoms with Crippen LogP contribution in [0.1, 0.15) is 25.8 Å². The number of azo groups is 1. The Morgan fingerprint density at radius 3 is 2.71 bits per heavy atom. The zero-order valence-corrected chi connectivity index (χ0v) is 17.8. The molecule has 0 aliphatic rings. The second-order valence-corrected chi connectivity index (χ2v) is 7.68. The quantitative estimate of drug-likeness (QED) is 0.320. The van der Waals surface area contributed by atoms with Crippen LogP contribution in [0.25, 0.3) is 21.8 Å². The van der Waals surface area contributed by atoms with Gasteiger partial charge in [-0.1, -0.05) is 30.3 Å². The first-order valence-electron chi connectivity index (χ1n) is 10.3. The average molecular weight is 419 g/mol. The van der Waals surface area contributed by atoms with E-state index in [1.807, 2.05) is 51.1 Å². The van der Waals surface area contributed by atoms with E-state index in [-0.39, 0.29) is 23.5 Å². The monoisotopic (exact) mass is 419 g/mol. The first-order valence-corrected chi connectivity index (χ1v) is 10.3. The number of ether oxygens (including phenoxy) is 1. The Balaban J connectivity index is 1.76. The number of aromatic nitrogens is 3. The Hall–Kier alpha value is -3.52. The van der Waals surface area contributed by atoms with Gasteiger partial charge in [-0.05, 0) is 44.9 Å². The molecule has 0 saturated carbocycles. The van der Waals surface area contributed by atoms with Crippen LogP contribution in [0, 0.1) is 6.92 Å². The van der Waals surface area contributed by atoms with E-state index in [0.29, 0.717) is 36.2 Å². The van der Waals surface area contributed by atoms with Crippen LogP contribution in [0.5, 0.6) is 5.88 Å². The highest BCUT2D eigenvalue weighted by Gasteiger charge is 2.14. The van der Waals surface area contributed by atoms with Gasteiger partial charge in [-0.15, -0.1) is 10.2 Å². The number of benzene rings is 2. The van der Waals surface area contributed by atoms with Gasteiger partial charge in [0.15, 0.2) is 5.69 Å². The Morgan fingerprint density at radius 2 is 1.90 bits per heavy atom. The molecule has 8 heteroatoms. The molecule has 4 aromatic rings. The number of nitrogens with zero attached hydrogens (tertiary/aromatic N) is 4. The van der Waals surface area contributed by atoms with Crippen molar-refractivity contribution in [3.05, 3.63) is 58.4 Å². The Kier molecular flexibility index (Phi) is 5.81. The molecule has 0 aliphatic carbocycles. The second-order valence-electron chi connectivity index (χ2n) is 7.68. The molecule has 2 N–H and O–H groups in total. The summed E-state index contributed by atoms with van der Waals surface area (Å²) >= 11 is 0. The van der Waals surface area contributed by atoms with Crippen molar-refractivity contribution in [2.75, 3.05) is 6.61 Å². The SMILES string of the molecule is Cc1cccc2c(N=Nc3nc4ccccc4c(=O)n3CCCOC(C)C)c(O)[nH]c12. The van der Waals surface area contributed by atoms with Gasteiger partial charge in [0, 0.05) is 18.5 Å². The highest BCUT2D eigenvalue weighted by Crippen LogP contribution is 2.37. The molecule has 0 aliphatic heterocycles. The van der Waals surface area contributed by atoms with Crippen LogP contribution in [0.4, 0.5) is 11.6 Å². The Morgan fingerprint density at radius 1 is 1.13 bits per heavy atom. The molecule has 0 atom stereocenters. The molecule has 0 bridgehead atoms. The summed E-state index contributed by atoms with van der Waals surface area (Å²) in [6, 6.07) is 12.9. The maximum atomic E-state index is 13.1. The lowest BCUT2D eigenvalue weighted by Gasteiger charge is -2.11. The van der Waals surface area contributed by atoms with Gasteiger partial charge < -0.3 is 14.8 Å². The van der Waals surface area contributed by atoms with Crippen LogP contribution >= 0.6 is 0 Å². The summed E-state index contributed by atoms with van der Waals surface area (Å²) < 4.78 is 7.10. The minimum atomic E-state index is -0.178. The summed E-state index contributed by atoms with van der Waals surface area (Å²) in [6.45, 7) is 6.81. The third-order valence-corrected chi connectivity index (χ3v) is 5.05. The molecule has 31 heavy (non-hydrogen) atoms. The third-order valence-electron chi connectivity index (χ3n) is 5.05. The maximum Gasteiger partial charge on any atom is 0.262 e. The second kappa shape index (κ2) is 8.69. The summed E-state index contributed by atoms with van der Waals surface area (Å²) in [6.07, 6.45) is 0.761. The van der Waals surface area contributed by atoms with E-state index in [1.165, 1.54) is 4.57 Å². The topological polar surface area (TPSA) is 105 Å². The van der Waals surface area contributed by atoms with Crippen LogP contribution in [0.2, 0.25) is 0 Å². The van der Waals surface area contributed by atoms with E-state index in [4.69, 9.17) is 4.74 Å². The number of hydrogen-bond donors (Lipinski definition) is 2. The van der Waals surface area contributed by atoms with Gasteiger partial charge in [0.25, 0.3) is 11.5 Å². The van der Waals surface area contributed by atoms with E-state index in [1.54, 1.807) is 12.1 Å². The van der Waals surface area contributed by atoms with Crippen molar-refractivity contribution in [2.45, 2.75) is 39.8 Å². The fourth-order valence-corrected chi connectivity index (χ4v) is 3.51. The van der Waals surface area contributed by atoms with E-state index in [9.17, 15) is 9.90 Å². The number of rotatable bonds is 7. The van der Waals surface area contributed by atoms with Crippen molar-refractivity contribution >= 4 is 33.4 Å². The predicted molar refractivity (Wildman–Crippen MR) is 121 cm³/mol. The van der Waals surface area contributed by atoms with Crippen LogP contribution in [-0.4, -0.2) is 32.4 Å². The molecule has 0 unspecified atom stereocenters. The highest BCUT2D eigenvalue weighted by molar-refractivity contribution is 5.95. The lowest BCUT2D eigenvalue weighted by Crippen LogP contribution is -2.22. The number of para-hydroxylation sites is 2. The molecular weight excluding hydrogens is 394 g/mol. The Labute approximate surface area is 179 Å². The van der Waals surface area contributed by atoms with Crippen molar-refractivity contribution in [3.63, 3.8) is 0 Å². The molecule has 160 valence electrons. The zero-order valence-electron chi connectivity index (χ0n) is 17.8. The van der Waals surface area contributed by atoms with Gasteiger partial charge >= 0.3 is 0 Å². The lowest BCUT2D eigenvalue weighted by molar-refractivity contribution is 0.0748. The van der Waals surface area contributed by atoms with Crippen LogP contribution in [0.3, 0.4) is 0 Å². The van der Waals surface area contributed by atoms with Crippen molar-refractivity contribution in [1.82, 2.24) is 14.5 Å². The van der Waals surface area contributed by atoms with Crippen LogP contribution < -0.4 is 5.56 Å². The van der Waals surface area contributed by atoms with Crippen molar-refractivity contribution in [3.8, 4) is 5.88 Å². The van der Waals surface area contributed by atoms with Gasteiger partial charge in [-0.3, -0.25) is 9.36 Å². The molecule has 0 amide bonds. The summed E-state index contributed by atoms with van der Waals surface area (Å²) in [5.41, 5.74) is 2.47. The van der Waals surface area contributed by atoms with Crippen molar-refractivity contribution in [1.29, 1.82) is 0 Å². The van der Waals surface area contributed by atoms with E-state index < -0.39 is 0 Å². The summed E-state index contributed by atoms with van der Waals surface area (Å²) in [4.78, 5) is 20.6. The summed E-state index contributed by atoms with van der Waals surface area (Å²) in [5, 5.41) is 20.1. The third kappa shape index (κ3) is 4.20. The van der Waals surface area contributed by atoms with Gasteiger partial charge in [-0.2, -0.15) is 0 Å². The fraction of sp³-hybridized carbons (Fsp3) is 0.304. The van der Waals surface area contributed by atoms with Crippen LogP contribution in [-0.2, 0) is 11.3 Å². The van der Waals surface area contributed by atoms with Crippen LogP contribution in [0.15, 0.2) is 57.5 Å². The molecule has 2 heterocycles. The molecule has 0 fully saturated rings. The first kappa shape index (κ1) is 20.7. The number of aromatic hydroxyl groups is 1. The van der Waals surface area contributed by atoms with Gasteiger partial charge in [0.2, 0.25) is 5.88 Å². The predicted octanol–water partition coefficient (Wildman–Crippen LogP) is 5.12. The Bertz CT molecular complexity index is 1320. The summed E-state index contributed by atoms with van der Waals surface area (Å²) in [5.74, 6) is 0.114. The number of hydrogen-bond acceptors (Lipinski definition) is 6. The van der Waals surface area contributed by atoms with Crippen molar-refractivity contribution < 1.29 is 9.84 Å². The van der Waals surface area contributed by atoms with Crippen molar-refractivity contribution in [2.24, 2.45) is 10.2 Å². The number of nitrogens with one attached hydrogen (secondary N) is 1. The van der Waals surface area contributed by atoms with Gasteiger partial charge in [0.1, 0.15) is 0 Å². The zero-order chi connectivity index (χ0) is 22.0. The van der Waals surface area contributed by atoms with E-state index in [0.717, 1.165) is 16.5 Å². The molecule has 4 rings (SSSR count). The van der Waals surface area contributed by atoms with E-state index in [2.05, 4.69) is 20.2 Å². The first-order chi connectivity index (χ1) is 15.0. The standard InChI is InChI=1S/C23H25N5O3/c1-14(2)31-13-7-12-28-22(30)16-9-4-5-11-18(16)24-23(28)27-26-20-17-10-6-8-15(3)19(17)25-21(20)29/h4-6,8-11,14,25,29H,7,12-13H2,1-3H3. The molecule has 0 radical (unpaired) electrons. The number of fused-ring (bicyclic) bond motifs is 2. The number of H-pyrrole nitrogens is 1. The van der Waals surface area contributed by atoms with Gasteiger partial charge in [-0.25, -0.2) is 4.98 Å². The maximum absolute atomic E-state index is 13.1. The molecule has 2 aromatic heterocycles. The smallest absolute Gasteiger partial charge is 0.262 e. The minimum Gasteiger partial charge on any atom is -0.493 e. The minimum absolute atomic E-state index is 0.0759. The number of aryl methyl sites for hydroxylation is 1. The van der Waals surface area contributed by atoms with Gasteiger partial charge in [0.05, 0.1) is 22.5 Å². The largest absolute Gasteiger partial charge is 0.493 e. The molecule has 0 spiro atoms. The molecule has 8 nitrogen and oxygen atoms in total. The summed E-state index contributed by atoms with van der Waals surface area (Å²) in [7, 11) is 0. The molecule has 2 aromatic carbocycles. The normalized spacial score (nSPS) is 12.0. The fourth-order valence-electron chi connectivity index (χ4n) is 3.51. The molecule has 0 saturated heterocycles.